The number of nitriles is 1. The van der Waals surface area contributed by atoms with Gasteiger partial charge in [0.15, 0.2) is 11.5 Å². The maximum Gasteiger partial charge on any atom is 0.264 e. The number of carbonyl (C=O) groups excluding carboxylic acids is 1. The highest BCUT2D eigenvalue weighted by atomic mass is 19.1. The lowest BCUT2D eigenvalue weighted by molar-refractivity contribution is -0.127. The minimum atomic E-state index is -0.572. The molecule has 0 aliphatic carbocycles. The molecular formula is C31H30FN5O3. The van der Waals surface area contributed by atoms with Crippen LogP contribution >= 0.6 is 0 Å². The number of ether oxygens (including phenoxy) is 2. The van der Waals surface area contributed by atoms with Gasteiger partial charge in [-0.05, 0) is 54.7 Å². The minimum Gasteiger partial charge on any atom is -0.494 e. The fourth-order valence-electron chi connectivity index (χ4n) is 4.95. The van der Waals surface area contributed by atoms with Crippen molar-refractivity contribution in [1.82, 2.24) is 19.3 Å². The van der Waals surface area contributed by atoms with Crippen LogP contribution in [0.3, 0.4) is 0 Å². The average molecular weight is 540 g/mol. The normalized spacial score (nSPS) is 15.8. The van der Waals surface area contributed by atoms with Gasteiger partial charge in [-0.15, -0.1) is 0 Å². The van der Waals surface area contributed by atoms with Crippen molar-refractivity contribution in [2.24, 2.45) is 5.41 Å². The highest BCUT2D eigenvalue weighted by Gasteiger charge is 2.35. The smallest absolute Gasteiger partial charge is 0.264 e. The van der Waals surface area contributed by atoms with Gasteiger partial charge in [-0.3, -0.25) is 14.2 Å². The van der Waals surface area contributed by atoms with Gasteiger partial charge in [0.25, 0.3) is 5.91 Å². The molecule has 1 unspecified atom stereocenters. The number of halogens is 1. The lowest BCUT2D eigenvalue weighted by atomic mass is 9.93. The van der Waals surface area contributed by atoms with E-state index in [0.29, 0.717) is 23.8 Å². The Balaban J connectivity index is 1.47. The van der Waals surface area contributed by atoms with E-state index in [-0.39, 0.29) is 34.4 Å². The molecule has 2 aromatic carbocycles. The number of imidazole rings is 1. The number of amides is 1. The standard InChI is InChI=1S/C31H30FN5O3/c1-31(2,3)17-21(18-33)30(38)37-15-6-7-23(37)29-35-28(24-19-34-14-16-36(24)29)20-10-12-22(13-11-20)40-26-9-5-8-25(39-4)27(26)32/h5,8-14,16-17,19,23H,6-7,15H2,1-4H3/b21-17+. The number of nitrogens with zero attached hydrogens (tertiary/aromatic N) is 5. The van der Waals surface area contributed by atoms with E-state index < -0.39 is 5.82 Å². The molecule has 3 heterocycles. The summed E-state index contributed by atoms with van der Waals surface area (Å²) in [5.41, 5.74) is 2.15. The molecule has 1 amide bonds. The molecule has 204 valence electrons. The van der Waals surface area contributed by atoms with Crippen molar-refractivity contribution in [3.63, 3.8) is 0 Å². The third-order valence-electron chi connectivity index (χ3n) is 6.72. The predicted octanol–water partition coefficient (Wildman–Crippen LogP) is 6.50. The number of carbonyl (C=O) groups is 1. The number of allylic oxidation sites excluding steroid dienone is 1. The fraction of sp³-hybridized carbons (Fsp3) is 0.290. The van der Waals surface area contributed by atoms with Crippen LogP contribution in [0.25, 0.3) is 16.8 Å². The number of fused-ring (bicyclic) bond motifs is 1. The highest BCUT2D eigenvalue weighted by Crippen LogP contribution is 2.37. The van der Waals surface area contributed by atoms with Gasteiger partial charge in [0.1, 0.15) is 23.2 Å². The van der Waals surface area contributed by atoms with E-state index in [4.69, 9.17) is 14.5 Å². The molecule has 0 bridgehead atoms. The average Bonchev–Trinajstić information content (AvgIpc) is 3.57. The van der Waals surface area contributed by atoms with Gasteiger partial charge >= 0.3 is 0 Å². The van der Waals surface area contributed by atoms with Crippen LogP contribution in [-0.2, 0) is 4.79 Å². The minimum absolute atomic E-state index is 0.0641. The van der Waals surface area contributed by atoms with Crippen LogP contribution in [0.15, 0.2) is 72.7 Å². The van der Waals surface area contributed by atoms with Crippen molar-refractivity contribution in [3.05, 3.63) is 84.3 Å². The van der Waals surface area contributed by atoms with Crippen molar-refractivity contribution in [1.29, 1.82) is 5.26 Å². The Hall–Kier alpha value is -4.71. The van der Waals surface area contributed by atoms with Crippen LogP contribution in [0.4, 0.5) is 4.39 Å². The molecule has 5 rings (SSSR count). The summed E-state index contributed by atoms with van der Waals surface area (Å²) in [6.07, 6.45) is 8.53. The number of hydrogen-bond donors (Lipinski definition) is 0. The third-order valence-corrected chi connectivity index (χ3v) is 6.72. The molecule has 9 heteroatoms. The fourth-order valence-corrected chi connectivity index (χ4v) is 4.95. The van der Waals surface area contributed by atoms with Crippen LogP contribution in [-0.4, -0.2) is 38.8 Å². The van der Waals surface area contributed by atoms with Crippen molar-refractivity contribution < 1.29 is 18.7 Å². The number of likely N-dealkylation sites (tertiary alicyclic amines) is 1. The van der Waals surface area contributed by atoms with E-state index >= 15 is 0 Å². The van der Waals surface area contributed by atoms with Crippen LogP contribution in [0.5, 0.6) is 17.2 Å². The van der Waals surface area contributed by atoms with Gasteiger partial charge in [-0.25, -0.2) is 4.98 Å². The monoisotopic (exact) mass is 539 g/mol. The van der Waals surface area contributed by atoms with Crippen LogP contribution in [0.1, 0.15) is 45.5 Å². The Bertz CT molecular complexity index is 1630. The summed E-state index contributed by atoms with van der Waals surface area (Å²) in [5.74, 6) is 0.490. The Kier molecular flexibility index (Phi) is 7.26. The van der Waals surface area contributed by atoms with Gasteiger partial charge < -0.3 is 14.4 Å². The molecule has 0 spiro atoms. The molecule has 4 aromatic rings. The summed E-state index contributed by atoms with van der Waals surface area (Å²) in [5, 5.41) is 9.73. The first-order valence-electron chi connectivity index (χ1n) is 13.1. The van der Waals surface area contributed by atoms with Crippen LogP contribution in [0, 0.1) is 22.6 Å². The van der Waals surface area contributed by atoms with Crippen LogP contribution in [0.2, 0.25) is 0 Å². The molecule has 0 N–H and O–H groups in total. The molecule has 0 saturated carbocycles. The predicted molar refractivity (Wildman–Crippen MR) is 148 cm³/mol. The first-order valence-corrected chi connectivity index (χ1v) is 13.1. The quantitative estimate of drug-likeness (QED) is 0.205. The lowest BCUT2D eigenvalue weighted by Crippen LogP contribution is -2.32. The molecule has 1 atom stereocenters. The summed E-state index contributed by atoms with van der Waals surface area (Å²) in [6.45, 7) is 6.44. The van der Waals surface area contributed by atoms with Gasteiger partial charge in [0.2, 0.25) is 5.82 Å². The third kappa shape index (κ3) is 5.25. The topological polar surface area (TPSA) is 92.8 Å². The number of rotatable bonds is 6. The maximum atomic E-state index is 14.6. The molecule has 8 nitrogen and oxygen atoms in total. The van der Waals surface area contributed by atoms with Gasteiger partial charge in [0, 0.05) is 24.5 Å². The Morgan fingerprint density at radius 3 is 2.62 bits per heavy atom. The Morgan fingerprint density at radius 2 is 1.93 bits per heavy atom. The molecule has 1 aliphatic rings. The summed E-state index contributed by atoms with van der Waals surface area (Å²) >= 11 is 0. The molecule has 0 radical (unpaired) electrons. The van der Waals surface area contributed by atoms with E-state index in [2.05, 4.69) is 11.1 Å². The van der Waals surface area contributed by atoms with E-state index in [1.165, 1.54) is 19.2 Å². The van der Waals surface area contributed by atoms with Crippen molar-refractivity contribution in [2.75, 3.05) is 13.7 Å². The van der Waals surface area contributed by atoms with Crippen molar-refractivity contribution >= 4 is 11.4 Å². The van der Waals surface area contributed by atoms with Crippen LogP contribution < -0.4 is 9.47 Å². The number of aromatic nitrogens is 3. The Labute approximate surface area is 232 Å². The second-order valence-corrected chi connectivity index (χ2v) is 10.7. The molecule has 1 saturated heterocycles. The molecular weight excluding hydrogens is 509 g/mol. The number of methoxy groups -OCH3 is 1. The van der Waals surface area contributed by atoms with Gasteiger partial charge in [0.05, 0.1) is 30.6 Å². The molecule has 1 aliphatic heterocycles. The second-order valence-electron chi connectivity index (χ2n) is 10.7. The largest absolute Gasteiger partial charge is 0.494 e. The lowest BCUT2D eigenvalue weighted by Gasteiger charge is -2.24. The van der Waals surface area contributed by atoms with E-state index in [0.717, 1.165) is 23.9 Å². The van der Waals surface area contributed by atoms with E-state index in [1.54, 1.807) is 41.6 Å². The summed E-state index contributed by atoms with van der Waals surface area (Å²) in [4.78, 5) is 24.5. The first kappa shape index (κ1) is 26.9. The van der Waals surface area contributed by atoms with E-state index in [1.807, 2.05) is 43.5 Å². The summed E-state index contributed by atoms with van der Waals surface area (Å²) in [7, 11) is 1.40. The van der Waals surface area contributed by atoms with Gasteiger partial charge in [-0.1, -0.05) is 32.9 Å². The SMILES string of the molecule is COc1cccc(Oc2ccc(-c3nc(C4CCCN4C(=O)/C(C#N)=C/C(C)(C)C)n4ccncc34)cc2)c1F. The number of benzene rings is 2. The van der Waals surface area contributed by atoms with Gasteiger partial charge in [-0.2, -0.15) is 9.65 Å². The molecule has 1 fully saturated rings. The van der Waals surface area contributed by atoms with E-state index in [9.17, 15) is 14.4 Å². The zero-order valence-corrected chi connectivity index (χ0v) is 22.9. The molecule has 2 aromatic heterocycles. The Morgan fingerprint density at radius 1 is 1.18 bits per heavy atom. The van der Waals surface area contributed by atoms with Crippen molar-refractivity contribution in [3.8, 4) is 34.6 Å². The second kappa shape index (κ2) is 10.8. The summed E-state index contributed by atoms with van der Waals surface area (Å²) in [6, 6.07) is 13.7. The highest BCUT2D eigenvalue weighted by molar-refractivity contribution is 5.97. The zero-order valence-electron chi connectivity index (χ0n) is 22.9. The maximum absolute atomic E-state index is 14.6. The summed E-state index contributed by atoms with van der Waals surface area (Å²) < 4.78 is 27.3. The molecule has 40 heavy (non-hydrogen) atoms. The number of hydrogen-bond acceptors (Lipinski definition) is 6. The zero-order chi connectivity index (χ0) is 28.4. The van der Waals surface area contributed by atoms with Crippen molar-refractivity contribution in [2.45, 2.75) is 39.7 Å². The first-order chi connectivity index (χ1) is 19.2.